The Morgan fingerprint density at radius 1 is 0.509 bits per heavy atom. The van der Waals surface area contributed by atoms with Crippen LogP contribution in [0.1, 0.15) is 91.9 Å². The van der Waals surface area contributed by atoms with E-state index >= 15 is 0 Å². The molecule has 0 aliphatic carbocycles. The fourth-order valence-corrected chi connectivity index (χ4v) is 5.02. The predicted octanol–water partition coefficient (Wildman–Crippen LogP) is -2.44. The Morgan fingerprint density at radius 2 is 0.836 bits per heavy atom. The van der Waals surface area contributed by atoms with Gasteiger partial charge in [0, 0.05) is 25.8 Å². The molecule has 5 amide bonds. The number of carbonyl (C=O) groups is 9. The molecule has 0 aromatic heterocycles. The lowest BCUT2D eigenvalue weighted by molar-refractivity contribution is -0.143. The highest BCUT2D eigenvalue weighted by Crippen LogP contribution is 2.11. The first kappa shape index (κ1) is 49.5. The van der Waals surface area contributed by atoms with E-state index in [9.17, 15) is 63.6 Å². The van der Waals surface area contributed by atoms with E-state index in [4.69, 9.17) is 17.2 Å². The van der Waals surface area contributed by atoms with Gasteiger partial charge in [-0.1, -0.05) is 27.7 Å². The first-order valence-electron chi connectivity index (χ1n) is 17.7. The number of hydrogen-bond acceptors (Lipinski definition) is 11. The summed E-state index contributed by atoms with van der Waals surface area (Å²) in [6, 6.07) is -8.66. The van der Waals surface area contributed by atoms with E-state index in [1.165, 1.54) is 0 Å². The Hall–Kier alpha value is -5.54. The van der Waals surface area contributed by atoms with Crippen molar-refractivity contribution in [2.75, 3.05) is 6.54 Å². The van der Waals surface area contributed by atoms with Gasteiger partial charge in [-0.25, -0.2) is 4.79 Å². The third-order valence-electron chi connectivity index (χ3n) is 7.81. The lowest BCUT2D eigenvalue weighted by Gasteiger charge is -2.27. The third-order valence-corrected chi connectivity index (χ3v) is 7.81. The minimum absolute atomic E-state index is 0.00920. The van der Waals surface area contributed by atoms with Crippen molar-refractivity contribution >= 4 is 59.4 Å². The average Bonchev–Trinajstić information content (AvgIpc) is 3.06. The van der Waals surface area contributed by atoms with Gasteiger partial charge in [0.15, 0.2) is 5.96 Å². The van der Waals surface area contributed by atoms with Gasteiger partial charge < -0.3 is 64.2 Å². The molecule has 22 heteroatoms. The van der Waals surface area contributed by atoms with Crippen molar-refractivity contribution in [2.24, 2.45) is 34.0 Å². The van der Waals surface area contributed by atoms with Gasteiger partial charge in [-0.15, -0.1) is 0 Å². The summed E-state index contributed by atoms with van der Waals surface area (Å²) in [6.07, 6.45) is -2.89. The molecule has 312 valence electrons. The summed E-state index contributed by atoms with van der Waals surface area (Å²) in [5.41, 5.74) is 16.5. The van der Waals surface area contributed by atoms with Gasteiger partial charge in [-0.2, -0.15) is 0 Å². The standard InChI is InChI=1S/C33H57N9O13/c1-16(2)14-22(41-29(51)19(7-10-24(43)44)38-27(49)18(34)6-5-13-37-33(35)36)31(53)40-20(8-11-25(45)46)28(50)39-21(9-12-26(47)48)30(52)42-23(32(54)55)15-17(3)4/h16-23H,5-15,34H2,1-4H3,(H,38,49)(H,39,50)(H,40,53)(H,41,51)(H,42,52)(H,43,44)(H,45,46)(H,47,48)(H,54,55)(H4,35,36,37)/t18-,19-,20-,21-,22-,23-/m0/s1. The van der Waals surface area contributed by atoms with E-state index in [1.807, 2.05) is 0 Å². The summed E-state index contributed by atoms with van der Waals surface area (Å²) in [6.45, 7) is 6.98. The van der Waals surface area contributed by atoms with Gasteiger partial charge >= 0.3 is 23.9 Å². The van der Waals surface area contributed by atoms with Crippen LogP contribution in [0.2, 0.25) is 0 Å². The number of nitrogens with two attached hydrogens (primary N) is 3. The van der Waals surface area contributed by atoms with Gasteiger partial charge in [0.25, 0.3) is 0 Å². The zero-order valence-electron chi connectivity index (χ0n) is 31.5. The molecule has 0 bridgehead atoms. The predicted molar refractivity (Wildman–Crippen MR) is 195 cm³/mol. The number of carbonyl (C=O) groups excluding carboxylic acids is 5. The second kappa shape index (κ2) is 25.5. The molecule has 0 radical (unpaired) electrons. The number of hydrogen-bond donors (Lipinski definition) is 12. The normalized spacial score (nSPS) is 14.2. The quantitative estimate of drug-likeness (QED) is 0.0223. The van der Waals surface area contributed by atoms with Crippen LogP contribution in [0, 0.1) is 11.8 Å². The van der Waals surface area contributed by atoms with E-state index in [1.54, 1.807) is 27.7 Å². The molecule has 0 fully saturated rings. The molecule has 0 saturated carbocycles. The molecule has 0 unspecified atom stereocenters. The zero-order chi connectivity index (χ0) is 42.4. The molecule has 55 heavy (non-hydrogen) atoms. The number of aliphatic imine (C=N–C) groups is 1. The molecule has 0 rings (SSSR count). The molecule has 0 aliphatic rings. The molecule has 22 nitrogen and oxygen atoms in total. The Balaban J connectivity index is 6.28. The van der Waals surface area contributed by atoms with Crippen LogP contribution in [0.5, 0.6) is 0 Å². The van der Waals surface area contributed by atoms with E-state index < -0.39 is 128 Å². The van der Waals surface area contributed by atoms with Crippen LogP contribution in [-0.2, 0) is 43.2 Å². The van der Waals surface area contributed by atoms with Crippen LogP contribution < -0.4 is 43.8 Å². The second-order valence-corrected chi connectivity index (χ2v) is 13.8. The first-order valence-corrected chi connectivity index (χ1v) is 17.7. The second-order valence-electron chi connectivity index (χ2n) is 13.8. The van der Waals surface area contributed by atoms with Crippen molar-refractivity contribution in [3.8, 4) is 0 Å². The topological polar surface area (TPSA) is 385 Å². The van der Waals surface area contributed by atoms with Gasteiger partial charge in [0.2, 0.25) is 29.5 Å². The number of carboxylic acids is 4. The van der Waals surface area contributed by atoms with Gasteiger partial charge in [0.05, 0.1) is 6.04 Å². The maximum atomic E-state index is 13.6. The largest absolute Gasteiger partial charge is 0.481 e. The minimum atomic E-state index is -1.65. The zero-order valence-corrected chi connectivity index (χ0v) is 31.5. The van der Waals surface area contributed by atoms with E-state index in [0.717, 1.165) is 0 Å². The molecular formula is C33H57N9O13. The highest BCUT2D eigenvalue weighted by Gasteiger charge is 2.34. The Morgan fingerprint density at radius 3 is 1.18 bits per heavy atom. The highest BCUT2D eigenvalue weighted by atomic mass is 16.4. The number of rotatable bonds is 28. The molecule has 0 spiro atoms. The molecule has 0 saturated heterocycles. The maximum Gasteiger partial charge on any atom is 0.326 e. The Kier molecular flexibility index (Phi) is 22.9. The first-order chi connectivity index (χ1) is 25.5. The smallest absolute Gasteiger partial charge is 0.326 e. The number of aliphatic carboxylic acids is 4. The maximum absolute atomic E-state index is 13.6. The summed E-state index contributed by atoms with van der Waals surface area (Å²) in [5, 5.41) is 49.1. The number of amides is 5. The molecule has 0 aromatic carbocycles. The molecule has 15 N–H and O–H groups in total. The van der Waals surface area contributed by atoms with Crippen molar-refractivity contribution in [3.05, 3.63) is 0 Å². The van der Waals surface area contributed by atoms with Gasteiger partial charge in [-0.3, -0.25) is 43.3 Å². The molecule has 6 atom stereocenters. The molecule has 0 aliphatic heterocycles. The number of guanidine groups is 1. The highest BCUT2D eigenvalue weighted by molar-refractivity contribution is 5.96. The van der Waals surface area contributed by atoms with Gasteiger partial charge in [0.1, 0.15) is 30.2 Å². The van der Waals surface area contributed by atoms with Gasteiger partial charge in [-0.05, 0) is 56.8 Å². The monoisotopic (exact) mass is 787 g/mol. The van der Waals surface area contributed by atoms with Crippen LogP contribution in [0.4, 0.5) is 0 Å². The molecular weight excluding hydrogens is 730 g/mol. The van der Waals surface area contributed by atoms with Crippen LogP contribution in [0.25, 0.3) is 0 Å². The third kappa shape index (κ3) is 22.3. The van der Waals surface area contributed by atoms with Crippen molar-refractivity contribution in [3.63, 3.8) is 0 Å². The Labute approximate surface area is 318 Å². The fraction of sp³-hybridized carbons (Fsp3) is 0.697. The fourth-order valence-electron chi connectivity index (χ4n) is 5.02. The molecule has 0 heterocycles. The van der Waals surface area contributed by atoms with Crippen molar-refractivity contribution in [2.45, 2.75) is 128 Å². The molecule has 0 aromatic rings. The van der Waals surface area contributed by atoms with Crippen molar-refractivity contribution < 1.29 is 63.6 Å². The summed E-state index contributed by atoms with van der Waals surface area (Å²) in [5.74, 6) is -10.8. The lowest BCUT2D eigenvalue weighted by Crippen LogP contribution is -2.59. The van der Waals surface area contributed by atoms with E-state index in [-0.39, 0.29) is 43.6 Å². The SMILES string of the molecule is CC(C)C[C@H](NC(=O)[C@H](CCC(=O)O)NC(=O)[C@H](CCC(=O)O)NC(=O)[C@H](CC(C)C)NC(=O)[C@H](CCC(=O)O)NC(=O)[C@@H](N)CCCN=C(N)N)C(=O)O. The van der Waals surface area contributed by atoms with Crippen molar-refractivity contribution in [1.29, 1.82) is 0 Å². The van der Waals surface area contributed by atoms with Crippen LogP contribution >= 0.6 is 0 Å². The van der Waals surface area contributed by atoms with E-state index in [0.29, 0.717) is 6.42 Å². The summed E-state index contributed by atoms with van der Waals surface area (Å²) >= 11 is 0. The number of nitrogens with one attached hydrogen (secondary N) is 5. The Bertz CT molecular complexity index is 1390. The summed E-state index contributed by atoms with van der Waals surface area (Å²) < 4.78 is 0. The lowest BCUT2D eigenvalue weighted by atomic mass is 10.0. The van der Waals surface area contributed by atoms with E-state index in [2.05, 4.69) is 31.6 Å². The van der Waals surface area contributed by atoms with Crippen molar-refractivity contribution in [1.82, 2.24) is 26.6 Å². The number of carboxylic acid groups (broad SMARTS) is 4. The van der Waals surface area contributed by atoms with Crippen LogP contribution in [0.3, 0.4) is 0 Å². The van der Waals surface area contributed by atoms with Crippen LogP contribution in [0.15, 0.2) is 4.99 Å². The average molecular weight is 788 g/mol. The number of nitrogens with zero attached hydrogens (tertiary/aromatic N) is 1. The minimum Gasteiger partial charge on any atom is -0.481 e. The summed E-state index contributed by atoms with van der Waals surface area (Å²) in [7, 11) is 0. The summed E-state index contributed by atoms with van der Waals surface area (Å²) in [4.78, 5) is 116. The van der Waals surface area contributed by atoms with Crippen LogP contribution in [-0.4, -0.2) is 123 Å².